The molecule has 0 heterocycles. The van der Waals surface area contributed by atoms with Crippen LogP contribution in [0.15, 0.2) is 0 Å². The number of carbonyl (C=O) groups excluding carboxylic acids is 1. The van der Waals surface area contributed by atoms with Crippen LogP contribution in [0.1, 0.15) is 78.1 Å². The molecule has 0 saturated heterocycles. The summed E-state index contributed by atoms with van der Waals surface area (Å²) in [5.41, 5.74) is -0.779. The molecule has 2 saturated carbocycles. The van der Waals surface area contributed by atoms with Crippen molar-refractivity contribution in [2.75, 3.05) is 0 Å². The highest BCUT2D eigenvalue weighted by Gasteiger charge is 2.44. The monoisotopic (exact) mass is 276 g/mol. The Hall–Kier alpha value is -1.04. The minimum atomic E-state index is -0.590. The molecule has 112 valence electrons. The van der Waals surface area contributed by atoms with Gasteiger partial charge in [-0.2, -0.15) is 5.26 Å². The topological polar surface area (TPSA) is 52.9 Å². The SMILES string of the molecule is CCC1CCC(C#N)(NC(=O)C2(CC)CCCC2)CC1. The standard InChI is InChI=1S/C17H28N2O/c1-3-14-7-11-17(13-18,12-8-14)19-15(20)16(4-2)9-5-6-10-16/h14H,3-12H2,1-2H3,(H,19,20). The molecule has 0 aromatic rings. The summed E-state index contributed by atoms with van der Waals surface area (Å²) < 4.78 is 0. The summed E-state index contributed by atoms with van der Waals surface area (Å²) in [6, 6.07) is 2.43. The molecule has 0 aromatic heterocycles. The maximum Gasteiger partial charge on any atom is 0.227 e. The summed E-state index contributed by atoms with van der Waals surface area (Å²) in [7, 11) is 0. The first-order valence-electron chi connectivity index (χ1n) is 8.33. The highest BCUT2D eigenvalue weighted by atomic mass is 16.2. The maximum atomic E-state index is 12.7. The van der Waals surface area contributed by atoms with Crippen molar-refractivity contribution in [2.24, 2.45) is 11.3 Å². The molecule has 0 bridgehead atoms. The van der Waals surface area contributed by atoms with E-state index >= 15 is 0 Å². The molecule has 1 N–H and O–H groups in total. The van der Waals surface area contributed by atoms with Gasteiger partial charge in [-0.1, -0.05) is 33.1 Å². The third kappa shape index (κ3) is 2.85. The van der Waals surface area contributed by atoms with Crippen molar-refractivity contribution < 1.29 is 4.79 Å². The zero-order valence-corrected chi connectivity index (χ0v) is 13.0. The minimum Gasteiger partial charge on any atom is -0.337 e. The zero-order chi connectivity index (χ0) is 14.6. The Morgan fingerprint density at radius 2 is 1.80 bits per heavy atom. The van der Waals surface area contributed by atoms with Crippen LogP contribution in [-0.2, 0) is 4.79 Å². The Balaban J connectivity index is 2.03. The highest BCUT2D eigenvalue weighted by Crippen LogP contribution is 2.42. The predicted octanol–water partition coefficient (Wildman–Crippen LogP) is 3.94. The van der Waals surface area contributed by atoms with Crippen LogP contribution >= 0.6 is 0 Å². The van der Waals surface area contributed by atoms with Crippen molar-refractivity contribution >= 4 is 5.91 Å². The van der Waals surface area contributed by atoms with Crippen LogP contribution in [-0.4, -0.2) is 11.4 Å². The van der Waals surface area contributed by atoms with Gasteiger partial charge in [-0.3, -0.25) is 4.79 Å². The van der Waals surface area contributed by atoms with Gasteiger partial charge in [0.1, 0.15) is 5.54 Å². The third-order valence-corrected chi connectivity index (χ3v) is 5.82. The number of amides is 1. The lowest BCUT2D eigenvalue weighted by atomic mass is 9.75. The van der Waals surface area contributed by atoms with Crippen molar-refractivity contribution in [3.05, 3.63) is 0 Å². The van der Waals surface area contributed by atoms with E-state index in [-0.39, 0.29) is 11.3 Å². The molecular weight excluding hydrogens is 248 g/mol. The first-order chi connectivity index (χ1) is 9.60. The van der Waals surface area contributed by atoms with E-state index in [2.05, 4.69) is 25.2 Å². The first kappa shape index (κ1) is 15.4. The molecule has 1 amide bonds. The molecule has 3 nitrogen and oxygen atoms in total. The van der Waals surface area contributed by atoms with E-state index in [1.165, 1.54) is 6.42 Å². The quantitative estimate of drug-likeness (QED) is 0.845. The second-order valence-electron chi connectivity index (χ2n) is 6.84. The van der Waals surface area contributed by atoms with Gasteiger partial charge >= 0.3 is 0 Å². The smallest absolute Gasteiger partial charge is 0.227 e. The van der Waals surface area contributed by atoms with E-state index in [0.29, 0.717) is 0 Å². The van der Waals surface area contributed by atoms with E-state index in [1.54, 1.807) is 0 Å². The number of carbonyl (C=O) groups is 1. The molecule has 0 unspecified atom stereocenters. The summed E-state index contributed by atoms with van der Waals surface area (Å²) in [6.07, 6.45) is 10.2. The van der Waals surface area contributed by atoms with Crippen LogP contribution < -0.4 is 5.32 Å². The average molecular weight is 276 g/mol. The van der Waals surface area contributed by atoms with Crippen molar-refractivity contribution in [3.8, 4) is 6.07 Å². The molecule has 2 aliphatic rings. The molecule has 2 aliphatic carbocycles. The van der Waals surface area contributed by atoms with E-state index in [0.717, 1.165) is 63.7 Å². The second-order valence-corrected chi connectivity index (χ2v) is 6.84. The molecule has 0 aliphatic heterocycles. The molecule has 0 radical (unpaired) electrons. The van der Waals surface area contributed by atoms with E-state index < -0.39 is 5.54 Å². The van der Waals surface area contributed by atoms with Crippen LogP contribution in [0.2, 0.25) is 0 Å². The number of hydrogen-bond donors (Lipinski definition) is 1. The Bertz CT molecular complexity index is 382. The highest BCUT2D eigenvalue weighted by molar-refractivity contribution is 5.84. The molecule has 0 atom stereocenters. The molecule has 3 heteroatoms. The second kappa shape index (κ2) is 6.16. The summed E-state index contributed by atoms with van der Waals surface area (Å²) in [5.74, 6) is 0.883. The van der Waals surface area contributed by atoms with Gasteiger partial charge in [0.15, 0.2) is 0 Å². The van der Waals surface area contributed by atoms with Gasteiger partial charge < -0.3 is 5.32 Å². The fourth-order valence-electron chi connectivity index (χ4n) is 3.99. The van der Waals surface area contributed by atoms with Gasteiger partial charge in [0.25, 0.3) is 0 Å². The van der Waals surface area contributed by atoms with Gasteiger partial charge in [0, 0.05) is 5.41 Å². The number of rotatable bonds is 4. The van der Waals surface area contributed by atoms with Crippen LogP contribution in [0.25, 0.3) is 0 Å². The van der Waals surface area contributed by atoms with Gasteiger partial charge in [-0.05, 0) is 50.9 Å². The zero-order valence-electron chi connectivity index (χ0n) is 13.0. The Morgan fingerprint density at radius 3 is 2.25 bits per heavy atom. The lowest BCUT2D eigenvalue weighted by molar-refractivity contribution is -0.133. The summed E-state index contributed by atoms with van der Waals surface area (Å²) in [6.45, 7) is 4.32. The summed E-state index contributed by atoms with van der Waals surface area (Å²) >= 11 is 0. The minimum absolute atomic E-state index is 0.147. The van der Waals surface area contributed by atoms with Crippen molar-refractivity contribution in [1.82, 2.24) is 5.32 Å². The number of nitriles is 1. The van der Waals surface area contributed by atoms with E-state index in [4.69, 9.17) is 0 Å². The van der Waals surface area contributed by atoms with Gasteiger partial charge in [-0.15, -0.1) is 0 Å². The molecule has 20 heavy (non-hydrogen) atoms. The third-order valence-electron chi connectivity index (χ3n) is 5.82. The number of nitrogens with one attached hydrogen (secondary N) is 1. The van der Waals surface area contributed by atoms with Crippen molar-refractivity contribution in [2.45, 2.75) is 83.6 Å². The fourth-order valence-corrected chi connectivity index (χ4v) is 3.99. The Morgan fingerprint density at radius 1 is 1.20 bits per heavy atom. The number of nitrogens with zero attached hydrogens (tertiary/aromatic N) is 1. The van der Waals surface area contributed by atoms with Crippen LogP contribution in [0.5, 0.6) is 0 Å². The molecule has 2 rings (SSSR count). The number of hydrogen-bond acceptors (Lipinski definition) is 2. The van der Waals surface area contributed by atoms with Gasteiger partial charge in [-0.25, -0.2) is 0 Å². The molecule has 2 fully saturated rings. The van der Waals surface area contributed by atoms with Crippen molar-refractivity contribution in [3.63, 3.8) is 0 Å². The van der Waals surface area contributed by atoms with E-state index in [1.807, 2.05) is 0 Å². The Kier molecular flexibility index (Phi) is 4.73. The first-order valence-corrected chi connectivity index (χ1v) is 8.33. The Labute approximate surface area is 123 Å². The van der Waals surface area contributed by atoms with Crippen molar-refractivity contribution in [1.29, 1.82) is 5.26 Å². The van der Waals surface area contributed by atoms with Crippen LogP contribution in [0.3, 0.4) is 0 Å². The molecular formula is C17H28N2O. The summed E-state index contributed by atoms with van der Waals surface area (Å²) in [5, 5.41) is 12.7. The predicted molar refractivity (Wildman–Crippen MR) is 79.9 cm³/mol. The van der Waals surface area contributed by atoms with E-state index in [9.17, 15) is 10.1 Å². The fraction of sp³-hybridized carbons (Fsp3) is 0.882. The van der Waals surface area contributed by atoms with Gasteiger partial charge in [0.05, 0.1) is 6.07 Å². The van der Waals surface area contributed by atoms with Crippen LogP contribution in [0, 0.1) is 22.7 Å². The molecule has 0 spiro atoms. The lowest BCUT2D eigenvalue weighted by Gasteiger charge is -2.38. The summed E-state index contributed by atoms with van der Waals surface area (Å²) in [4.78, 5) is 12.7. The normalized spacial score (nSPS) is 32.5. The van der Waals surface area contributed by atoms with Crippen LogP contribution in [0.4, 0.5) is 0 Å². The average Bonchev–Trinajstić information content (AvgIpc) is 2.98. The lowest BCUT2D eigenvalue weighted by Crippen LogP contribution is -2.54. The van der Waals surface area contributed by atoms with Gasteiger partial charge in [0.2, 0.25) is 5.91 Å². The largest absolute Gasteiger partial charge is 0.337 e. The maximum absolute atomic E-state index is 12.7. The molecule has 0 aromatic carbocycles.